The largest absolute Gasteiger partial charge is 0.423 e. The van der Waals surface area contributed by atoms with Crippen LogP contribution in [0.3, 0.4) is 0 Å². The molecule has 1 heterocycles. The number of hydrogen-bond acceptors (Lipinski definition) is 5. The first-order chi connectivity index (χ1) is 11.9. The van der Waals surface area contributed by atoms with Crippen LogP contribution >= 0.6 is 24.0 Å². The van der Waals surface area contributed by atoms with Crippen LogP contribution in [0.15, 0.2) is 53.4 Å². The highest BCUT2D eigenvalue weighted by Crippen LogP contribution is 2.31. The van der Waals surface area contributed by atoms with Crippen LogP contribution in [0.25, 0.3) is 6.08 Å². The minimum atomic E-state index is -0.570. The zero-order valence-electron chi connectivity index (χ0n) is 13.1. The number of halogens is 1. The highest BCUT2D eigenvalue weighted by Gasteiger charge is 2.28. The van der Waals surface area contributed by atoms with E-state index in [4.69, 9.17) is 17.0 Å². The Bertz CT molecular complexity index is 876. The third-order valence-electron chi connectivity index (χ3n) is 3.45. The van der Waals surface area contributed by atoms with Crippen molar-refractivity contribution >= 4 is 46.3 Å². The molecule has 3 rings (SSSR count). The highest BCUT2D eigenvalue weighted by atomic mass is 32.2. The molecule has 0 atom stereocenters. The van der Waals surface area contributed by atoms with Crippen molar-refractivity contribution in [1.29, 1.82) is 0 Å². The van der Waals surface area contributed by atoms with Crippen molar-refractivity contribution in [2.24, 2.45) is 0 Å². The summed E-state index contributed by atoms with van der Waals surface area (Å²) in [5, 5.41) is 0. The normalized spacial score (nSPS) is 15.8. The van der Waals surface area contributed by atoms with Crippen molar-refractivity contribution in [3.8, 4) is 5.75 Å². The van der Waals surface area contributed by atoms with Gasteiger partial charge >= 0.3 is 5.97 Å². The minimum absolute atomic E-state index is 0.137. The van der Waals surface area contributed by atoms with Crippen molar-refractivity contribution in [3.05, 3.63) is 70.4 Å². The van der Waals surface area contributed by atoms with Gasteiger partial charge in [-0.1, -0.05) is 36.1 Å². The van der Waals surface area contributed by atoms with Crippen molar-refractivity contribution in [3.63, 3.8) is 0 Å². The number of likely N-dealkylation sites (N-methyl/N-ethyl adjacent to an activating group) is 1. The first-order valence-electron chi connectivity index (χ1n) is 7.23. The number of thiocarbonyl (C=S) groups is 1. The molecule has 0 radical (unpaired) electrons. The van der Waals surface area contributed by atoms with Gasteiger partial charge in [-0.3, -0.25) is 9.69 Å². The van der Waals surface area contributed by atoms with Crippen molar-refractivity contribution < 1.29 is 18.7 Å². The Labute approximate surface area is 153 Å². The summed E-state index contributed by atoms with van der Waals surface area (Å²) < 4.78 is 18.6. The maximum absolute atomic E-state index is 12.9. The van der Waals surface area contributed by atoms with Gasteiger partial charge in [0.25, 0.3) is 5.91 Å². The average molecular weight is 373 g/mol. The van der Waals surface area contributed by atoms with Gasteiger partial charge in [0, 0.05) is 7.05 Å². The van der Waals surface area contributed by atoms with Crippen LogP contribution in [-0.4, -0.2) is 28.1 Å². The van der Waals surface area contributed by atoms with Gasteiger partial charge in [0.2, 0.25) is 0 Å². The van der Waals surface area contributed by atoms with Crippen LogP contribution in [0.1, 0.15) is 15.9 Å². The molecule has 1 saturated heterocycles. The standard InChI is InChI=1S/C18H12FNO3S2/c1-20-16(21)15(25-18(20)24)10-11-2-8-14(9-3-11)23-17(22)12-4-6-13(19)7-5-12/h2-10H,1H3. The highest BCUT2D eigenvalue weighted by molar-refractivity contribution is 8.26. The van der Waals surface area contributed by atoms with Gasteiger partial charge in [-0.15, -0.1) is 0 Å². The van der Waals surface area contributed by atoms with Crippen LogP contribution in [0.4, 0.5) is 4.39 Å². The number of amides is 1. The topological polar surface area (TPSA) is 46.6 Å². The third-order valence-corrected chi connectivity index (χ3v) is 4.94. The summed E-state index contributed by atoms with van der Waals surface area (Å²) in [4.78, 5) is 25.9. The zero-order valence-corrected chi connectivity index (χ0v) is 14.7. The molecule has 7 heteroatoms. The number of carbonyl (C=O) groups is 2. The van der Waals surface area contributed by atoms with Crippen LogP contribution in [-0.2, 0) is 4.79 Å². The predicted octanol–water partition coefficient (Wildman–Crippen LogP) is 3.88. The summed E-state index contributed by atoms with van der Waals surface area (Å²) in [6.45, 7) is 0. The molecule has 0 aliphatic carbocycles. The van der Waals surface area contributed by atoms with E-state index < -0.39 is 11.8 Å². The molecule has 1 amide bonds. The second kappa shape index (κ2) is 7.16. The molecular formula is C18H12FNO3S2. The number of rotatable bonds is 3. The summed E-state index contributed by atoms with van der Waals surface area (Å²) in [6, 6.07) is 11.8. The predicted molar refractivity (Wildman–Crippen MR) is 98.7 cm³/mol. The Hall–Kier alpha value is -2.51. The molecule has 2 aromatic rings. The molecule has 2 aromatic carbocycles. The van der Waals surface area contributed by atoms with E-state index in [0.29, 0.717) is 15.0 Å². The Morgan fingerprint density at radius 2 is 1.80 bits per heavy atom. The first-order valence-corrected chi connectivity index (χ1v) is 8.46. The fraction of sp³-hybridized carbons (Fsp3) is 0.0556. The molecule has 0 N–H and O–H groups in total. The van der Waals surface area contributed by atoms with E-state index in [1.54, 1.807) is 37.4 Å². The quantitative estimate of drug-likeness (QED) is 0.354. The lowest BCUT2D eigenvalue weighted by Crippen LogP contribution is -2.22. The lowest BCUT2D eigenvalue weighted by molar-refractivity contribution is -0.121. The van der Waals surface area contributed by atoms with Gasteiger partial charge in [0.1, 0.15) is 15.9 Å². The Morgan fingerprint density at radius 3 is 2.36 bits per heavy atom. The van der Waals surface area contributed by atoms with Gasteiger partial charge < -0.3 is 4.74 Å². The fourth-order valence-electron chi connectivity index (χ4n) is 2.08. The number of esters is 1. The Balaban J connectivity index is 1.70. The molecule has 0 saturated carbocycles. The van der Waals surface area contributed by atoms with Crippen molar-refractivity contribution in [2.45, 2.75) is 0 Å². The van der Waals surface area contributed by atoms with E-state index in [1.807, 2.05) is 0 Å². The summed E-state index contributed by atoms with van der Waals surface area (Å²) in [5.74, 6) is -0.769. The Morgan fingerprint density at radius 1 is 1.16 bits per heavy atom. The number of thioether (sulfide) groups is 1. The summed E-state index contributed by atoms with van der Waals surface area (Å²) >= 11 is 6.32. The molecule has 0 unspecified atom stereocenters. The zero-order chi connectivity index (χ0) is 18.0. The number of nitrogens with zero attached hydrogens (tertiary/aromatic N) is 1. The van der Waals surface area contributed by atoms with E-state index in [1.165, 1.54) is 40.9 Å². The Kier molecular flexibility index (Phi) is 4.96. The lowest BCUT2D eigenvalue weighted by atomic mass is 10.2. The molecule has 25 heavy (non-hydrogen) atoms. The summed E-state index contributed by atoms with van der Waals surface area (Å²) in [7, 11) is 1.64. The molecule has 0 spiro atoms. The van der Waals surface area contributed by atoms with Gasteiger partial charge in [-0.2, -0.15) is 0 Å². The summed E-state index contributed by atoms with van der Waals surface area (Å²) in [6.07, 6.45) is 1.73. The maximum Gasteiger partial charge on any atom is 0.343 e. The second-order valence-electron chi connectivity index (χ2n) is 5.21. The molecule has 1 aliphatic rings. The average Bonchev–Trinajstić information content (AvgIpc) is 2.84. The molecule has 4 nitrogen and oxygen atoms in total. The van der Waals surface area contributed by atoms with Crippen LogP contribution < -0.4 is 4.74 Å². The van der Waals surface area contributed by atoms with Gasteiger partial charge in [0.05, 0.1) is 10.5 Å². The van der Waals surface area contributed by atoms with Gasteiger partial charge in [-0.25, -0.2) is 9.18 Å². The second-order valence-corrected chi connectivity index (χ2v) is 6.88. The lowest BCUT2D eigenvalue weighted by Gasteiger charge is -2.05. The van der Waals surface area contributed by atoms with Crippen molar-refractivity contribution in [1.82, 2.24) is 4.90 Å². The van der Waals surface area contributed by atoms with E-state index >= 15 is 0 Å². The number of benzene rings is 2. The third kappa shape index (κ3) is 3.94. The van der Waals surface area contributed by atoms with Crippen LogP contribution in [0.5, 0.6) is 5.75 Å². The number of hydrogen-bond donors (Lipinski definition) is 0. The summed E-state index contributed by atoms with van der Waals surface area (Å²) in [5.41, 5.74) is 1.05. The van der Waals surface area contributed by atoms with E-state index in [9.17, 15) is 14.0 Å². The van der Waals surface area contributed by atoms with Gasteiger partial charge in [0.15, 0.2) is 0 Å². The monoisotopic (exact) mass is 373 g/mol. The van der Waals surface area contributed by atoms with Crippen LogP contribution in [0, 0.1) is 5.82 Å². The SMILES string of the molecule is CN1C(=O)C(=Cc2ccc(OC(=O)c3ccc(F)cc3)cc2)SC1=S. The van der Waals surface area contributed by atoms with E-state index in [2.05, 4.69) is 0 Å². The smallest absolute Gasteiger partial charge is 0.343 e. The van der Waals surface area contributed by atoms with Gasteiger partial charge in [-0.05, 0) is 48.0 Å². The number of carbonyl (C=O) groups excluding carboxylic acids is 2. The molecular weight excluding hydrogens is 361 g/mol. The van der Waals surface area contributed by atoms with Crippen molar-refractivity contribution in [2.75, 3.05) is 7.05 Å². The maximum atomic E-state index is 12.9. The minimum Gasteiger partial charge on any atom is -0.423 e. The fourth-order valence-corrected chi connectivity index (χ4v) is 3.26. The molecule has 0 aromatic heterocycles. The molecule has 1 aliphatic heterocycles. The molecule has 0 bridgehead atoms. The van der Waals surface area contributed by atoms with Crippen LogP contribution in [0.2, 0.25) is 0 Å². The first kappa shape index (κ1) is 17.3. The van der Waals surface area contributed by atoms with E-state index in [-0.39, 0.29) is 11.5 Å². The van der Waals surface area contributed by atoms with E-state index in [0.717, 1.165) is 5.56 Å². The molecule has 126 valence electrons. The number of ether oxygens (including phenoxy) is 1. The molecule has 1 fully saturated rings.